The first kappa shape index (κ1) is 19.9. The van der Waals surface area contributed by atoms with Crippen molar-refractivity contribution in [3.8, 4) is 5.69 Å². The maximum absolute atomic E-state index is 12.8. The van der Waals surface area contributed by atoms with Gasteiger partial charge in [0.1, 0.15) is 0 Å². The molecule has 5 rings (SSSR count). The molecule has 9 nitrogen and oxygen atoms in total. The van der Waals surface area contributed by atoms with Gasteiger partial charge in [0, 0.05) is 17.3 Å². The Morgan fingerprint density at radius 1 is 1.06 bits per heavy atom. The van der Waals surface area contributed by atoms with Crippen molar-refractivity contribution < 1.29 is 4.79 Å². The van der Waals surface area contributed by atoms with Crippen molar-refractivity contribution in [2.24, 2.45) is 0 Å². The van der Waals surface area contributed by atoms with Crippen molar-refractivity contribution in [2.75, 3.05) is 11.6 Å². The van der Waals surface area contributed by atoms with E-state index in [1.807, 2.05) is 65.5 Å². The lowest BCUT2D eigenvalue weighted by atomic mass is 10.2. The van der Waals surface area contributed by atoms with E-state index < -0.39 is 0 Å². The number of nitrogens with zero attached hydrogens (tertiary/aromatic N) is 7. The van der Waals surface area contributed by atoms with Gasteiger partial charge in [-0.2, -0.15) is 9.78 Å². The minimum Gasteiger partial charge on any atom is -0.322 e. The van der Waals surface area contributed by atoms with Crippen LogP contribution in [0.5, 0.6) is 0 Å². The fourth-order valence-electron chi connectivity index (χ4n) is 3.35. The molecule has 3 aromatic heterocycles. The number of anilines is 1. The van der Waals surface area contributed by atoms with Crippen molar-refractivity contribution >= 4 is 34.4 Å². The van der Waals surface area contributed by atoms with Crippen LogP contribution in [-0.4, -0.2) is 47.1 Å². The monoisotopic (exact) mass is 442 g/mol. The number of benzene rings is 2. The van der Waals surface area contributed by atoms with E-state index >= 15 is 0 Å². The zero-order valence-corrected chi connectivity index (χ0v) is 17.9. The van der Waals surface area contributed by atoms with Crippen LogP contribution in [0.1, 0.15) is 15.9 Å². The molecule has 1 N–H and O–H groups in total. The highest BCUT2D eigenvalue weighted by Gasteiger charge is 2.13. The summed E-state index contributed by atoms with van der Waals surface area (Å²) in [7, 11) is 0. The Hall–Kier alpha value is -4.05. The lowest BCUT2D eigenvalue weighted by Crippen LogP contribution is -2.13. The number of rotatable bonds is 6. The number of pyridine rings is 1. The van der Waals surface area contributed by atoms with E-state index in [1.165, 1.54) is 11.8 Å². The van der Waals surface area contributed by atoms with Crippen molar-refractivity contribution in [3.63, 3.8) is 0 Å². The number of carbonyl (C=O) groups is 1. The van der Waals surface area contributed by atoms with Gasteiger partial charge < -0.3 is 5.32 Å². The Bertz CT molecular complexity index is 1400. The summed E-state index contributed by atoms with van der Waals surface area (Å²) in [6.45, 7) is 0.616. The SMILES string of the molecule is CSc1nnnn1-c1cccc(NC(=O)c2cnc3c(cnn3Cc3ccccc3)c2)c1. The Morgan fingerprint density at radius 3 is 2.78 bits per heavy atom. The Kier molecular flexibility index (Phi) is 5.34. The van der Waals surface area contributed by atoms with Gasteiger partial charge >= 0.3 is 0 Å². The highest BCUT2D eigenvalue weighted by molar-refractivity contribution is 7.98. The number of hydrogen-bond acceptors (Lipinski definition) is 7. The van der Waals surface area contributed by atoms with Crippen molar-refractivity contribution in [1.82, 2.24) is 35.0 Å². The third-order valence-corrected chi connectivity index (χ3v) is 5.50. The molecular weight excluding hydrogens is 424 g/mol. The molecule has 0 radical (unpaired) electrons. The van der Waals surface area contributed by atoms with Gasteiger partial charge in [-0.3, -0.25) is 4.79 Å². The number of fused-ring (bicyclic) bond motifs is 1. The first-order chi connectivity index (χ1) is 15.7. The molecular formula is C22H18N8OS. The number of aromatic nitrogens is 7. The first-order valence-electron chi connectivity index (χ1n) is 9.81. The normalized spacial score (nSPS) is 11.0. The number of nitrogens with one attached hydrogen (secondary N) is 1. The number of hydrogen-bond donors (Lipinski definition) is 1. The predicted molar refractivity (Wildman–Crippen MR) is 122 cm³/mol. The van der Waals surface area contributed by atoms with Gasteiger partial charge in [-0.25, -0.2) is 9.67 Å². The van der Waals surface area contributed by atoms with Gasteiger partial charge in [0.2, 0.25) is 5.16 Å². The third-order valence-electron chi connectivity index (χ3n) is 4.89. The highest BCUT2D eigenvalue weighted by Crippen LogP contribution is 2.20. The van der Waals surface area contributed by atoms with Gasteiger partial charge in [0.15, 0.2) is 5.65 Å². The van der Waals surface area contributed by atoms with Crippen molar-refractivity contribution in [1.29, 1.82) is 0 Å². The van der Waals surface area contributed by atoms with E-state index in [0.717, 1.165) is 22.3 Å². The van der Waals surface area contributed by atoms with Crippen LogP contribution in [0.4, 0.5) is 5.69 Å². The number of tetrazole rings is 1. The van der Waals surface area contributed by atoms with E-state index in [-0.39, 0.29) is 5.91 Å². The molecule has 0 aliphatic heterocycles. The number of thioether (sulfide) groups is 1. The minimum absolute atomic E-state index is 0.255. The summed E-state index contributed by atoms with van der Waals surface area (Å²) in [6, 6.07) is 19.2. The lowest BCUT2D eigenvalue weighted by Gasteiger charge is -2.08. The predicted octanol–water partition coefficient (Wildman–Crippen LogP) is 3.43. The van der Waals surface area contributed by atoms with E-state index in [4.69, 9.17) is 0 Å². The van der Waals surface area contributed by atoms with Gasteiger partial charge in [0.25, 0.3) is 5.91 Å². The summed E-state index contributed by atoms with van der Waals surface area (Å²) >= 11 is 1.44. The molecule has 0 aliphatic rings. The van der Waals surface area contributed by atoms with Crippen LogP contribution < -0.4 is 5.32 Å². The smallest absolute Gasteiger partial charge is 0.257 e. The molecule has 2 aromatic carbocycles. The zero-order valence-electron chi connectivity index (χ0n) is 17.1. The molecule has 0 atom stereocenters. The molecule has 10 heteroatoms. The van der Waals surface area contributed by atoms with Crippen LogP contribution in [0, 0.1) is 0 Å². The summed E-state index contributed by atoms with van der Waals surface area (Å²) in [4.78, 5) is 17.3. The Labute approximate surface area is 187 Å². The molecule has 0 bridgehead atoms. The molecule has 0 aliphatic carbocycles. The van der Waals surface area contributed by atoms with E-state index in [1.54, 1.807) is 23.1 Å². The molecule has 0 fully saturated rings. The quantitative estimate of drug-likeness (QED) is 0.402. The van der Waals surface area contributed by atoms with Gasteiger partial charge in [0.05, 0.1) is 24.0 Å². The first-order valence-corrected chi connectivity index (χ1v) is 11.0. The van der Waals surface area contributed by atoms with Crippen LogP contribution in [0.25, 0.3) is 16.7 Å². The van der Waals surface area contributed by atoms with Crippen LogP contribution >= 0.6 is 11.8 Å². The summed E-state index contributed by atoms with van der Waals surface area (Å²) in [5, 5.41) is 20.5. The zero-order chi connectivity index (χ0) is 21.9. The third kappa shape index (κ3) is 3.95. The average Bonchev–Trinajstić information content (AvgIpc) is 3.47. The minimum atomic E-state index is -0.255. The summed E-state index contributed by atoms with van der Waals surface area (Å²) in [5.74, 6) is -0.255. The van der Waals surface area contributed by atoms with E-state index in [2.05, 4.69) is 30.9 Å². The van der Waals surface area contributed by atoms with Crippen LogP contribution in [-0.2, 0) is 6.54 Å². The van der Waals surface area contributed by atoms with Gasteiger partial charge in [-0.1, -0.05) is 48.2 Å². The fraction of sp³-hybridized carbons (Fsp3) is 0.0909. The highest BCUT2D eigenvalue weighted by atomic mass is 32.2. The molecule has 158 valence electrons. The van der Waals surface area contributed by atoms with E-state index in [9.17, 15) is 4.79 Å². The topological polar surface area (TPSA) is 103 Å². The molecule has 0 saturated carbocycles. The summed E-state index contributed by atoms with van der Waals surface area (Å²) in [5.41, 5.74) is 3.71. The van der Waals surface area contributed by atoms with Crippen LogP contribution in [0.2, 0.25) is 0 Å². The van der Waals surface area contributed by atoms with Crippen molar-refractivity contribution in [2.45, 2.75) is 11.7 Å². The van der Waals surface area contributed by atoms with Crippen molar-refractivity contribution in [3.05, 3.63) is 84.2 Å². The summed E-state index contributed by atoms with van der Waals surface area (Å²) < 4.78 is 3.44. The van der Waals surface area contributed by atoms with E-state index in [0.29, 0.717) is 23.0 Å². The van der Waals surface area contributed by atoms with Crippen LogP contribution in [0.15, 0.2) is 78.2 Å². The fourth-order valence-corrected chi connectivity index (χ4v) is 3.79. The molecule has 5 aromatic rings. The molecule has 0 saturated heterocycles. The largest absolute Gasteiger partial charge is 0.322 e. The second kappa shape index (κ2) is 8.60. The Balaban J connectivity index is 1.36. The number of amides is 1. The Morgan fingerprint density at radius 2 is 1.94 bits per heavy atom. The maximum Gasteiger partial charge on any atom is 0.257 e. The van der Waals surface area contributed by atoms with Gasteiger partial charge in [-0.15, -0.1) is 5.10 Å². The number of carbonyl (C=O) groups excluding carboxylic acids is 1. The second-order valence-corrected chi connectivity index (χ2v) is 7.78. The standard InChI is InChI=1S/C22H18N8OS/c1-32-22-26-27-28-30(22)19-9-5-8-18(11-19)25-21(31)17-10-16-13-24-29(20(16)23-12-17)14-15-6-3-2-4-7-15/h2-13H,14H2,1H3,(H,25,31). The van der Waals surface area contributed by atoms with Crippen LogP contribution in [0.3, 0.4) is 0 Å². The second-order valence-electron chi connectivity index (χ2n) is 7.01. The van der Waals surface area contributed by atoms with Gasteiger partial charge in [-0.05, 0) is 46.5 Å². The maximum atomic E-state index is 12.8. The summed E-state index contributed by atoms with van der Waals surface area (Å²) in [6.07, 6.45) is 5.20. The molecule has 3 heterocycles. The average molecular weight is 443 g/mol. The molecule has 0 unspecified atom stereocenters. The molecule has 0 spiro atoms. The molecule has 32 heavy (non-hydrogen) atoms. The molecule has 1 amide bonds. The lowest BCUT2D eigenvalue weighted by molar-refractivity contribution is 0.102.